The number of carbonyl (C=O) groups is 1. The molecule has 0 saturated heterocycles. The summed E-state index contributed by atoms with van der Waals surface area (Å²) in [5.74, 6) is -1.34. The number of rotatable bonds is 5. The van der Waals surface area contributed by atoms with Crippen molar-refractivity contribution in [1.29, 1.82) is 0 Å². The predicted octanol–water partition coefficient (Wildman–Crippen LogP) is -0.701. The van der Waals surface area contributed by atoms with Gasteiger partial charge in [0.15, 0.2) is 5.25 Å². The number of hydrogen-bond donors (Lipinski definition) is 3. The summed E-state index contributed by atoms with van der Waals surface area (Å²) in [6, 6.07) is 0. The van der Waals surface area contributed by atoms with Gasteiger partial charge in [0.1, 0.15) is 0 Å². The minimum absolute atomic E-state index is 0.196. The van der Waals surface area contributed by atoms with Crippen molar-refractivity contribution in [1.82, 2.24) is 10.0 Å². The van der Waals surface area contributed by atoms with E-state index in [1.165, 1.54) is 0 Å². The number of carboxylic acid groups (broad SMARTS) is 1. The Balaban J connectivity index is 2.54. The molecule has 0 aromatic rings. The molecule has 1 aliphatic heterocycles. The quantitative estimate of drug-likeness (QED) is 0.559. The molecule has 1 aliphatic rings. The highest BCUT2D eigenvalue weighted by molar-refractivity contribution is 7.90. The second-order valence-electron chi connectivity index (χ2n) is 3.66. The zero-order valence-corrected chi connectivity index (χ0v) is 9.88. The first kappa shape index (κ1) is 13.1. The Kier molecular flexibility index (Phi) is 4.45. The van der Waals surface area contributed by atoms with Gasteiger partial charge in [-0.15, -0.1) is 0 Å². The lowest BCUT2D eigenvalue weighted by Crippen LogP contribution is -2.39. The number of nitrogens with one attached hydrogen (secondary N) is 2. The monoisotopic (exact) mass is 248 g/mol. The van der Waals surface area contributed by atoms with E-state index in [1.807, 2.05) is 6.08 Å². The van der Waals surface area contributed by atoms with E-state index in [-0.39, 0.29) is 6.54 Å². The summed E-state index contributed by atoms with van der Waals surface area (Å²) < 4.78 is 25.3. The summed E-state index contributed by atoms with van der Waals surface area (Å²) in [5.41, 5.74) is 0.986. The molecule has 3 N–H and O–H groups in total. The molecule has 0 aliphatic carbocycles. The van der Waals surface area contributed by atoms with Crippen LogP contribution in [-0.2, 0) is 14.8 Å². The lowest BCUT2D eigenvalue weighted by Gasteiger charge is -2.15. The van der Waals surface area contributed by atoms with Gasteiger partial charge in [-0.2, -0.15) is 0 Å². The minimum Gasteiger partial charge on any atom is -0.480 e. The Morgan fingerprint density at radius 3 is 2.88 bits per heavy atom. The van der Waals surface area contributed by atoms with Gasteiger partial charge in [0, 0.05) is 13.1 Å². The third kappa shape index (κ3) is 3.58. The van der Waals surface area contributed by atoms with Crippen molar-refractivity contribution in [3.8, 4) is 0 Å². The zero-order valence-electron chi connectivity index (χ0n) is 9.06. The van der Waals surface area contributed by atoms with Crippen LogP contribution in [-0.4, -0.2) is 44.4 Å². The smallest absolute Gasteiger partial charge is 0.323 e. The Morgan fingerprint density at radius 1 is 1.69 bits per heavy atom. The molecule has 0 aromatic heterocycles. The van der Waals surface area contributed by atoms with Gasteiger partial charge in [-0.25, -0.2) is 13.1 Å². The van der Waals surface area contributed by atoms with Crippen LogP contribution in [0.15, 0.2) is 11.6 Å². The highest BCUT2D eigenvalue weighted by Gasteiger charge is 2.27. The van der Waals surface area contributed by atoms with Crippen LogP contribution in [0.3, 0.4) is 0 Å². The van der Waals surface area contributed by atoms with Crippen LogP contribution in [0.4, 0.5) is 0 Å². The van der Waals surface area contributed by atoms with Gasteiger partial charge >= 0.3 is 5.97 Å². The highest BCUT2D eigenvalue weighted by atomic mass is 32.2. The molecular formula is C9H16N2O4S. The Morgan fingerprint density at radius 2 is 2.38 bits per heavy atom. The molecule has 0 fully saturated rings. The van der Waals surface area contributed by atoms with Crippen molar-refractivity contribution >= 4 is 16.0 Å². The second-order valence-corrected chi connectivity index (χ2v) is 5.75. The second kappa shape index (κ2) is 5.42. The summed E-state index contributed by atoms with van der Waals surface area (Å²) >= 11 is 0. The minimum atomic E-state index is -3.77. The average Bonchev–Trinajstić information content (AvgIpc) is 2.27. The zero-order chi connectivity index (χ0) is 12.2. The molecule has 1 atom stereocenters. The Bertz CT molecular complexity index is 388. The number of carboxylic acids is 1. The molecule has 16 heavy (non-hydrogen) atoms. The van der Waals surface area contributed by atoms with Gasteiger partial charge in [0.05, 0.1) is 0 Å². The molecule has 92 valence electrons. The van der Waals surface area contributed by atoms with Gasteiger partial charge in [-0.05, 0) is 19.9 Å². The van der Waals surface area contributed by atoms with E-state index >= 15 is 0 Å². The van der Waals surface area contributed by atoms with Gasteiger partial charge in [0.25, 0.3) is 0 Å². The topological polar surface area (TPSA) is 95.5 Å². The Labute approximate surface area is 94.8 Å². The van der Waals surface area contributed by atoms with E-state index in [2.05, 4.69) is 10.0 Å². The first-order chi connectivity index (χ1) is 7.43. The van der Waals surface area contributed by atoms with Crippen molar-refractivity contribution in [2.45, 2.75) is 18.6 Å². The standard InChI is InChI=1S/C9H16N2O4S/c1-7(9(12)13)16(14,15)11-6-8-2-4-10-5-3-8/h2,7,10-11H,3-6H2,1H3,(H,12,13). The van der Waals surface area contributed by atoms with Gasteiger partial charge in [0.2, 0.25) is 10.0 Å². The maximum atomic E-state index is 11.5. The molecular weight excluding hydrogens is 232 g/mol. The predicted molar refractivity (Wildman–Crippen MR) is 59.6 cm³/mol. The summed E-state index contributed by atoms with van der Waals surface area (Å²) in [7, 11) is -3.77. The number of aliphatic carboxylic acids is 1. The summed E-state index contributed by atoms with van der Waals surface area (Å²) in [4.78, 5) is 10.6. The molecule has 1 heterocycles. The van der Waals surface area contributed by atoms with Crippen LogP contribution in [0.5, 0.6) is 0 Å². The number of hydrogen-bond acceptors (Lipinski definition) is 4. The SMILES string of the molecule is CC(C(=O)O)S(=O)(=O)NCC1=CCNCC1. The molecule has 0 aromatic carbocycles. The van der Waals surface area contributed by atoms with Crippen LogP contribution in [0, 0.1) is 0 Å². The molecule has 0 radical (unpaired) electrons. The normalized spacial score (nSPS) is 18.9. The first-order valence-corrected chi connectivity index (χ1v) is 6.58. The van der Waals surface area contributed by atoms with E-state index in [4.69, 9.17) is 5.11 Å². The van der Waals surface area contributed by atoms with E-state index in [9.17, 15) is 13.2 Å². The van der Waals surface area contributed by atoms with Crippen LogP contribution >= 0.6 is 0 Å². The molecule has 6 nitrogen and oxygen atoms in total. The average molecular weight is 248 g/mol. The summed E-state index contributed by atoms with van der Waals surface area (Å²) in [6.07, 6.45) is 2.70. The van der Waals surface area contributed by atoms with E-state index in [0.717, 1.165) is 32.0 Å². The largest absolute Gasteiger partial charge is 0.480 e. The molecule has 0 spiro atoms. The highest BCUT2D eigenvalue weighted by Crippen LogP contribution is 2.05. The van der Waals surface area contributed by atoms with Crippen LogP contribution in [0.25, 0.3) is 0 Å². The molecule has 7 heteroatoms. The third-order valence-corrected chi connectivity index (χ3v) is 4.15. The molecule has 0 saturated carbocycles. The molecule has 0 bridgehead atoms. The first-order valence-electron chi connectivity index (χ1n) is 5.03. The van der Waals surface area contributed by atoms with Crippen LogP contribution in [0.2, 0.25) is 0 Å². The van der Waals surface area contributed by atoms with Gasteiger partial charge in [-0.3, -0.25) is 4.79 Å². The van der Waals surface area contributed by atoms with Crippen molar-refractivity contribution in [3.63, 3.8) is 0 Å². The van der Waals surface area contributed by atoms with E-state index < -0.39 is 21.2 Å². The fourth-order valence-corrected chi connectivity index (χ4v) is 2.18. The lowest BCUT2D eigenvalue weighted by atomic mass is 10.1. The maximum Gasteiger partial charge on any atom is 0.323 e. The third-order valence-electron chi connectivity index (χ3n) is 2.47. The lowest BCUT2D eigenvalue weighted by molar-refractivity contribution is -0.136. The van der Waals surface area contributed by atoms with Gasteiger partial charge in [-0.1, -0.05) is 11.6 Å². The van der Waals surface area contributed by atoms with Crippen molar-refractivity contribution in [3.05, 3.63) is 11.6 Å². The van der Waals surface area contributed by atoms with Crippen molar-refractivity contribution < 1.29 is 18.3 Å². The molecule has 0 amide bonds. The van der Waals surface area contributed by atoms with Gasteiger partial charge < -0.3 is 10.4 Å². The van der Waals surface area contributed by atoms with Crippen molar-refractivity contribution in [2.75, 3.05) is 19.6 Å². The van der Waals surface area contributed by atoms with E-state index in [0.29, 0.717) is 0 Å². The fraction of sp³-hybridized carbons (Fsp3) is 0.667. The summed E-state index contributed by atoms with van der Waals surface area (Å²) in [6.45, 7) is 2.90. The fourth-order valence-electron chi connectivity index (χ4n) is 1.28. The van der Waals surface area contributed by atoms with E-state index in [1.54, 1.807) is 0 Å². The molecule has 1 unspecified atom stereocenters. The summed E-state index contributed by atoms with van der Waals surface area (Å²) in [5, 5.41) is 10.3. The maximum absolute atomic E-state index is 11.5. The van der Waals surface area contributed by atoms with Crippen LogP contribution < -0.4 is 10.0 Å². The molecule has 1 rings (SSSR count). The van der Waals surface area contributed by atoms with Crippen molar-refractivity contribution in [2.24, 2.45) is 0 Å². The van der Waals surface area contributed by atoms with Crippen LogP contribution in [0.1, 0.15) is 13.3 Å². The Hall–Kier alpha value is -0.920. The number of sulfonamides is 1.